The highest BCUT2D eigenvalue weighted by atomic mass is 32.2. The lowest BCUT2D eigenvalue weighted by molar-refractivity contribution is 0.102. The van der Waals surface area contributed by atoms with Crippen LogP contribution in [0.5, 0.6) is 0 Å². The van der Waals surface area contributed by atoms with E-state index in [0.717, 1.165) is 12.8 Å². The molecule has 0 aliphatic carbocycles. The lowest BCUT2D eigenvalue weighted by atomic mass is 10.0. The first kappa shape index (κ1) is 17.6. The van der Waals surface area contributed by atoms with Crippen molar-refractivity contribution in [1.29, 1.82) is 0 Å². The smallest absolute Gasteiger partial charge is 0.255 e. The summed E-state index contributed by atoms with van der Waals surface area (Å²) >= 11 is 0. The number of anilines is 1. The molecular weight excluding hydrogens is 338 g/mol. The van der Waals surface area contributed by atoms with Crippen LogP contribution >= 0.6 is 0 Å². The highest BCUT2D eigenvalue weighted by Crippen LogP contribution is 2.23. The fourth-order valence-corrected chi connectivity index (χ4v) is 4.26. The van der Waals surface area contributed by atoms with Crippen LogP contribution in [0.3, 0.4) is 0 Å². The van der Waals surface area contributed by atoms with E-state index in [4.69, 9.17) is 0 Å². The standard InChI is InChI=1S/C18H21N3O3S/c1-14-8-12-21(13-9-14)25(23,24)17-4-2-15(3-5-17)18(22)20-16-6-10-19-11-7-16/h2-7,10-11,14H,8-9,12-13H2,1H3,(H,19,20,22). The number of pyridine rings is 1. The Hall–Kier alpha value is -2.25. The summed E-state index contributed by atoms with van der Waals surface area (Å²) in [7, 11) is -3.49. The zero-order valence-corrected chi connectivity index (χ0v) is 14.9. The van der Waals surface area contributed by atoms with Gasteiger partial charge in [0.1, 0.15) is 0 Å². The minimum atomic E-state index is -3.49. The van der Waals surface area contributed by atoms with E-state index < -0.39 is 10.0 Å². The van der Waals surface area contributed by atoms with Crippen molar-refractivity contribution in [3.63, 3.8) is 0 Å². The van der Waals surface area contributed by atoms with Crippen LogP contribution in [0.1, 0.15) is 30.1 Å². The molecule has 0 saturated carbocycles. The summed E-state index contributed by atoms with van der Waals surface area (Å²) in [5.74, 6) is 0.271. The van der Waals surface area contributed by atoms with Gasteiger partial charge >= 0.3 is 0 Å². The van der Waals surface area contributed by atoms with Crippen LogP contribution in [0, 0.1) is 5.92 Å². The predicted octanol–water partition coefficient (Wildman–Crippen LogP) is 2.75. The van der Waals surface area contributed by atoms with E-state index in [1.165, 1.54) is 28.6 Å². The zero-order valence-electron chi connectivity index (χ0n) is 14.1. The number of rotatable bonds is 4. The van der Waals surface area contributed by atoms with Gasteiger partial charge in [-0.05, 0) is 55.2 Å². The third-order valence-electron chi connectivity index (χ3n) is 4.44. The van der Waals surface area contributed by atoms with Gasteiger partial charge in [-0.1, -0.05) is 6.92 Å². The summed E-state index contributed by atoms with van der Waals surface area (Å²) in [5, 5.41) is 2.75. The van der Waals surface area contributed by atoms with Gasteiger partial charge in [-0.15, -0.1) is 0 Å². The summed E-state index contributed by atoms with van der Waals surface area (Å²) < 4.78 is 26.9. The number of hydrogen-bond donors (Lipinski definition) is 1. The Balaban J connectivity index is 1.72. The molecule has 1 aromatic heterocycles. The lowest BCUT2D eigenvalue weighted by Crippen LogP contribution is -2.37. The van der Waals surface area contributed by atoms with Crippen molar-refractivity contribution in [2.75, 3.05) is 18.4 Å². The van der Waals surface area contributed by atoms with Crippen LogP contribution in [0.4, 0.5) is 5.69 Å². The molecule has 1 saturated heterocycles. The van der Waals surface area contributed by atoms with E-state index in [1.807, 2.05) is 0 Å². The second-order valence-corrected chi connectivity index (χ2v) is 8.24. The van der Waals surface area contributed by atoms with E-state index in [9.17, 15) is 13.2 Å². The number of benzene rings is 1. The quantitative estimate of drug-likeness (QED) is 0.910. The molecule has 0 unspecified atom stereocenters. The maximum Gasteiger partial charge on any atom is 0.255 e. The molecule has 0 spiro atoms. The van der Waals surface area contributed by atoms with Crippen LogP contribution < -0.4 is 5.32 Å². The van der Waals surface area contributed by atoms with Crippen LogP contribution in [-0.4, -0.2) is 36.7 Å². The van der Waals surface area contributed by atoms with Gasteiger partial charge in [0.2, 0.25) is 10.0 Å². The molecule has 1 aromatic carbocycles. The molecule has 1 amide bonds. The number of hydrogen-bond acceptors (Lipinski definition) is 4. The summed E-state index contributed by atoms with van der Waals surface area (Å²) in [6.45, 7) is 3.24. The molecule has 1 fully saturated rings. The topological polar surface area (TPSA) is 79.4 Å². The van der Waals surface area contributed by atoms with Crippen LogP contribution in [0.2, 0.25) is 0 Å². The Labute approximate surface area is 147 Å². The van der Waals surface area contributed by atoms with Gasteiger partial charge in [-0.3, -0.25) is 9.78 Å². The van der Waals surface area contributed by atoms with Crippen molar-refractivity contribution in [1.82, 2.24) is 9.29 Å². The van der Waals surface area contributed by atoms with Crippen LogP contribution in [0.25, 0.3) is 0 Å². The first-order valence-electron chi connectivity index (χ1n) is 8.28. The highest BCUT2D eigenvalue weighted by Gasteiger charge is 2.28. The summed E-state index contributed by atoms with van der Waals surface area (Å²) in [6.07, 6.45) is 4.94. The number of aromatic nitrogens is 1. The summed E-state index contributed by atoms with van der Waals surface area (Å²) in [6, 6.07) is 9.44. The van der Waals surface area contributed by atoms with Crippen molar-refractivity contribution >= 4 is 21.6 Å². The Morgan fingerprint density at radius 1 is 1.08 bits per heavy atom. The zero-order chi connectivity index (χ0) is 17.9. The molecule has 2 aromatic rings. The number of amides is 1. The van der Waals surface area contributed by atoms with Gasteiger partial charge in [0.25, 0.3) is 5.91 Å². The van der Waals surface area contributed by atoms with Crippen LogP contribution in [0.15, 0.2) is 53.7 Å². The first-order chi connectivity index (χ1) is 12.0. The molecule has 2 heterocycles. The molecular formula is C18H21N3O3S. The van der Waals surface area contributed by atoms with Crippen LogP contribution in [-0.2, 0) is 10.0 Å². The van der Waals surface area contributed by atoms with E-state index in [1.54, 1.807) is 24.5 Å². The Kier molecular flexibility index (Phi) is 5.15. The molecule has 132 valence electrons. The SMILES string of the molecule is CC1CCN(S(=O)(=O)c2ccc(C(=O)Nc3ccncc3)cc2)CC1. The number of nitrogens with one attached hydrogen (secondary N) is 1. The lowest BCUT2D eigenvalue weighted by Gasteiger charge is -2.29. The molecule has 0 atom stereocenters. The van der Waals surface area contributed by atoms with Crippen molar-refractivity contribution in [2.24, 2.45) is 5.92 Å². The molecule has 6 nitrogen and oxygen atoms in total. The van der Waals surface area contributed by atoms with Gasteiger partial charge in [0.15, 0.2) is 0 Å². The van der Waals surface area contributed by atoms with Crippen molar-refractivity contribution in [3.05, 3.63) is 54.4 Å². The van der Waals surface area contributed by atoms with Gasteiger partial charge in [-0.2, -0.15) is 4.31 Å². The Morgan fingerprint density at radius 2 is 1.68 bits per heavy atom. The molecule has 25 heavy (non-hydrogen) atoms. The van der Waals surface area contributed by atoms with Crippen molar-refractivity contribution in [3.8, 4) is 0 Å². The molecule has 1 N–H and O–H groups in total. The third-order valence-corrected chi connectivity index (χ3v) is 6.35. The normalized spacial score (nSPS) is 16.5. The average Bonchev–Trinajstić information content (AvgIpc) is 2.63. The highest BCUT2D eigenvalue weighted by molar-refractivity contribution is 7.89. The molecule has 1 aliphatic rings. The third kappa shape index (κ3) is 4.05. The van der Waals surface area contributed by atoms with Gasteiger partial charge in [-0.25, -0.2) is 8.42 Å². The monoisotopic (exact) mass is 359 g/mol. The minimum Gasteiger partial charge on any atom is -0.322 e. The summed E-state index contributed by atoms with van der Waals surface area (Å²) in [4.78, 5) is 16.3. The Morgan fingerprint density at radius 3 is 2.28 bits per heavy atom. The van der Waals surface area contributed by atoms with Gasteiger partial charge < -0.3 is 5.32 Å². The number of carbonyl (C=O) groups is 1. The van der Waals surface area contributed by atoms with E-state index >= 15 is 0 Å². The largest absolute Gasteiger partial charge is 0.322 e. The molecule has 7 heteroatoms. The van der Waals surface area contributed by atoms with Gasteiger partial charge in [0, 0.05) is 36.7 Å². The van der Waals surface area contributed by atoms with Crippen molar-refractivity contribution < 1.29 is 13.2 Å². The molecule has 0 radical (unpaired) electrons. The van der Waals surface area contributed by atoms with E-state index in [-0.39, 0.29) is 10.8 Å². The van der Waals surface area contributed by atoms with E-state index in [0.29, 0.717) is 30.3 Å². The maximum absolute atomic E-state index is 12.7. The van der Waals surface area contributed by atoms with Gasteiger partial charge in [0.05, 0.1) is 4.90 Å². The molecule has 0 bridgehead atoms. The Bertz CT molecular complexity index is 828. The average molecular weight is 359 g/mol. The first-order valence-corrected chi connectivity index (χ1v) is 9.72. The fourth-order valence-electron chi connectivity index (χ4n) is 2.79. The fraction of sp³-hybridized carbons (Fsp3) is 0.333. The van der Waals surface area contributed by atoms with E-state index in [2.05, 4.69) is 17.2 Å². The van der Waals surface area contributed by atoms with Crippen molar-refractivity contribution in [2.45, 2.75) is 24.7 Å². The summed E-state index contributed by atoms with van der Waals surface area (Å²) in [5.41, 5.74) is 1.04. The second-order valence-electron chi connectivity index (χ2n) is 6.30. The predicted molar refractivity (Wildman–Crippen MR) is 95.8 cm³/mol. The molecule has 1 aliphatic heterocycles. The molecule has 3 rings (SSSR count). The number of carbonyl (C=O) groups excluding carboxylic acids is 1. The number of sulfonamides is 1. The number of piperidine rings is 1. The second kappa shape index (κ2) is 7.33. The number of nitrogens with zero attached hydrogens (tertiary/aromatic N) is 2. The maximum atomic E-state index is 12.7. The minimum absolute atomic E-state index is 0.225.